The Morgan fingerprint density at radius 1 is 1.33 bits per heavy atom. The maximum absolute atomic E-state index is 12.1. The first-order valence-corrected chi connectivity index (χ1v) is 7.88. The smallest absolute Gasteiger partial charge is 0.395 e. The van der Waals surface area contributed by atoms with Crippen molar-refractivity contribution < 1.29 is 14.1 Å². The highest BCUT2D eigenvalue weighted by Crippen LogP contribution is 2.24. The van der Waals surface area contributed by atoms with Gasteiger partial charge in [-0.25, -0.2) is 0 Å². The van der Waals surface area contributed by atoms with Crippen molar-refractivity contribution in [2.24, 2.45) is 0 Å². The fourth-order valence-electron chi connectivity index (χ4n) is 3.00. The molecule has 24 heavy (non-hydrogen) atoms. The Balaban J connectivity index is 1.57. The van der Waals surface area contributed by atoms with Crippen LogP contribution in [0.15, 0.2) is 46.9 Å². The van der Waals surface area contributed by atoms with Gasteiger partial charge in [-0.2, -0.15) is 0 Å². The SMILES string of the molecule is C[C@H](c1ccccc1)N1CC[C@@H](NC(=O)c2ccc([N+](=O)[O-])o2)C1. The highest BCUT2D eigenvalue weighted by Gasteiger charge is 2.29. The largest absolute Gasteiger partial charge is 0.433 e. The number of carbonyl (C=O) groups excluding carboxylic acids is 1. The van der Waals surface area contributed by atoms with Crippen molar-refractivity contribution >= 4 is 11.8 Å². The molecule has 1 saturated heterocycles. The van der Waals surface area contributed by atoms with Gasteiger partial charge in [-0.3, -0.25) is 19.8 Å². The summed E-state index contributed by atoms with van der Waals surface area (Å²) in [6, 6.07) is 13.0. The predicted octanol–water partition coefficient (Wildman–Crippen LogP) is 2.75. The number of nitrogens with zero attached hydrogens (tertiary/aromatic N) is 2. The van der Waals surface area contributed by atoms with E-state index < -0.39 is 16.7 Å². The summed E-state index contributed by atoms with van der Waals surface area (Å²) in [6.45, 7) is 3.78. The number of hydrogen-bond acceptors (Lipinski definition) is 5. The van der Waals surface area contributed by atoms with Crippen molar-refractivity contribution in [1.82, 2.24) is 10.2 Å². The minimum absolute atomic E-state index is 0.00724. The Hall–Kier alpha value is -2.67. The third-order valence-corrected chi connectivity index (χ3v) is 4.38. The summed E-state index contributed by atoms with van der Waals surface area (Å²) in [4.78, 5) is 24.4. The Morgan fingerprint density at radius 3 is 2.75 bits per heavy atom. The van der Waals surface area contributed by atoms with E-state index in [4.69, 9.17) is 4.42 Å². The van der Waals surface area contributed by atoms with E-state index in [1.54, 1.807) is 0 Å². The number of benzene rings is 1. The monoisotopic (exact) mass is 329 g/mol. The first kappa shape index (κ1) is 16.2. The van der Waals surface area contributed by atoms with Gasteiger partial charge in [0, 0.05) is 25.2 Å². The molecular formula is C17H19N3O4. The van der Waals surface area contributed by atoms with Gasteiger partial charge in [-0.05, 0) is 25.0 Å². The summed E-state index contributed by atoms with van der Waals surface area (Å²) in [7, 11) is 0. The summed E-state index contributed by atoms with van der Waals surface area (Å²) < 4.78 is 4.94. The molecule has 1 amide bonds. The second kappa shape index (κ2) is 6.84. The van der Waals surface area contributed by atoms with Gasteiger partial charge in [-0.15, -0.1) is 0 Å². The van der Waals surface area contributed by atoms with Gasteiger partial charge in [0.05, 0.1) is 6.07 Å². The van der Waals surface area contributed by atoms with Crippen LogP contribution in [0.25, 0.3) is 0 Å². The molecular weight excluding hydrogens is 310 g/mol. The minimum Gasteiger partial charge on any atom is -0.395 e. The number of amides is 1. The number of nitro groups is 1. The highest BCUT2D eigenvalue weighted by atomic mass is 16.6. The Morgan fingerprint density at radius 2 is 2.08 bits per heavy atom. The van der Waals surface area contributed by atoms with Crippen LogP contribution >= 0.6 is 0 Å². The van der Waals surface area contributed by atoms with Gasteiger partial charge < -0.3 is 9.73 Å². The highest BCUT2D eigenvalue weighted by molar-refractivity contribution is 5.91. The van der Waals surface area contributed by atoms with Gasteiger partial charge in [0.2, 0.25) is 0 Å². The van der Waals surface area contributed by atoms with Crippen LogP contribution in [0.4, 0.5) is 5.88 Å². The molecule has 1 aliphatic heterocycles. The van der Waals surface area contributed by atoms with Crippen LogP contribution in [-0.2, 0) is 0 Å². The van der Waals surface area contributed by atoms with Crippen LogP contribution in [0.2, 0.25) is 0 Å². The normalized spacial score (nSPS) is 19.1. The number of likely N-dealkylation sites (tertiary alicyclic amines) is 1. The predicted molar refractivity (Wildman–Crippen MR) is 87.7 cm³/mol. The fraction of sp³-hybridized carbons (Fsp3) is 0.353. The summed E-state index contributed by atoms with van der Waals surface area (Å²) in [5.74, 6) is -0.871. The lowest BCUT2D eigenvalue weighted by Gasteiger charge is -2.24. The number of rotatable bonds is 5. The molecule has 0 spiro atoms. The van der Waals surface area contributed by atoms with Gasteiger partial charge in [0.25, 0.3) is 5.91 Å². The average molecular weight is 329 g/mol. The zero-order chi connectivity index (χ0) is 17.1. The molecule has 7 heteroatoms. The number of nitrogens with one attached hydrogen (secondary N) is 1. The van der Waals surface area contributed by atoms with Gasteiger partial charge >= 0.3 is 5.88 Å². The van der Waals surface area contributed by atoms with E-state index in [0.29, 0.717) is 0 Å². The second-order valence-corrected chi connectivity index (χ2v) is 5.94. The molecule has 3 rings (SSSR count). The van der Waals surface area contributed by atoms with Crippen molar-refractivity contribution in [3.05, 3.63) is 63.9 Å². The molecule has 0 bridgehead atoms. The van der Waals surface area contributed by atoms with Crippen LogP contribution < -0.4 is 5.32 Å². The van der Waals surface area contributed by atoms with Crippen LogP contribution in [0.3, 0.4) is 0 Å². The van der Waals surface area contributed by atoms with Crippen molar-refractivity contribution in [2.75, 3.05) is 13.1 Å². The van der Waals surface area contributed by atoms with Crippen molar-refractivity contribution in [2.45, 2.75) is 25.4 Å². The maximum atomic E-state index is 12.1. The topological polar surface area (TPSA) is 88.6 Å². The van der Waals surface area contributed by atoms with Crippen molar-refractivity contribution in [3.8, 4) is 0 Å². The molecule has 0 radical (unpaired) electrons. The number of hydrogen-bond donors (Lipinski definition) is 1. The number of furan rings is 1. The summed E-state index contributed by atoms with van der Waals surface area (Å²) >= 11 is 0. The molecule has 1 aliphatic rings. The first-order chi connectivity index (χ1) is 11.5. The number of carbonyl (C=O) groups is 1. The molecule has 126 valence electrons. The van der Waals surface area contributed by atoms with Crippen LogP contribution in [0, 0.1) is 10.1 Å². The minimum atomic E-state index is -0.657. The summed E-state index contributed by atoms with van der Waals surface area (Å²) in [5, 5.41) is 13.5. The molecule has 1 aromatic carbocycles. The fourth-order valence-corrected chi connectivity index (χ4v) is 3.00. The lowest BCUT2D eigenvalue weighted by molar-refractivity contribution is -0.402. The van der Waals surface area contributed by atoms with E-state index in [1.807, 2.05) is 18.2 Å². The molecule has 1 aromatic heterocycles. The molecule has 2 atom stereocenters. The van der Waals surface area contributed by atoms with E-state index in [0.717, 1.165) is 19.5 Å². The maximum Gasteiger partial charge on any atom is 0.433 e. The third-order valence-electron chi connectivity index (χ3n) is 4.38. The quantitative estimate of drug-likeness (QED) is 0.673. The molecule has 7 nitrogen and oxygen atoms in total. The van der Waals surface area contributed by atoms with E-state index in [-0.39, 0.29) is 17.8 Å². The van der Waals surface area contributed by atoms with E-state index in [9.17, 15) is 14.9 Å². The standard InChI is InChI=1S/C17H19N3O4/c1-12(13-5-3-2-4-6-13)19-10-9-14(11-19)18-17(21)15-7-8-16(24-15)20(22)23/h2-8,12,14H,9-11H2,1H3,(H,18,21)/t12-,14-/m1/s1. The molecule has 2 aromatic rings. The Bertz CT molecular complexity index is 728. The zero-order valence-corrected chi connectivity index (χ0v) is 13.3. The van der Waals surface area contributed by atoms with Gasteiger partial charge in [0.15, 0.2) is 5.76 Å². The summed E-state index contributed by atoms with van der Waals surface area (Å²) in [5.41, 5.74) is 1.24. The summed E-state index contributed by atoms with van der Waals surface area (Å²) in [6.07, 6.45) is 0.839. The Labute approximate surface area is 139 Å². The molecule has 1 fully saturated rings. The van der Waals surface area contributed by atoms with E-state index in [2.05, 4.69) is 29.3 Å². The molecule has 2 heterocycles. The first-order valence-electron chi connectivity index (χ1n) is 7.88. The van der Waals surface area contributed by atoms with Crippen molar-refractivity contribution in [1.29, 1.82) is 0 Å². The van der Waals surface area contributed by atoms with Crippen molar-refractivity contribution in [3.63, 3.8) is 0 Å². The van der Waals surface area contributed by atoms with Crippen LogP contribution in [-0.4, -0.2) is 34.9 Å². The second-order valence-electron chi connectivity index (χ2n) is 5.94. The van der Waals surface area contributed by atoms with E-state index in [1.165, 1.54) is 17.7 Å². The average Bonchev–Trinajstić information content (AvgIpc) is 3.24. The Kier molecular flexibility index (Phi) is 4.61. The molecule has 0 aliphatic carbocycles. The van der Waals surface area contributed by atoms with Crippen LogP contribution in [0.5, 0.6) is 0 Å². The van der Waals surface area contributed by atoms with Gasteiger partial charge in [0.1, 0.15) is 4.92 Å². The molecule has 0 saturated carbocycles. The molecule has 1 N–H and O–H groups in total. The lowest BCUT2D eigenvalue weighted by Crippen LogP contribution is -2.37. The third kappa shape index (κ3) is 3.46. The zero-order valence-electron chi connectivity index (χ0n) is 13.3. The van der Waals surface area contributed by atoms with Gasteiger partial charge in [-0.1, -0.05) is 30.3 Å². The van der Waals surface area contributed by atoms with E-state index >= 15 is 0 Å². The van der Waals surface area contributed by atoms with Crippen LogP contribution in [0.1, 0.15) is 35.5 Å². The lowest BCUT2D eigenvalue weighted by atomic mass is 10.1. The molecule has 0 unspecified atom stereocenters.